The number of aliphatic carboxylic acids is 1. The van der Waals surface area contributed by atoms with Gasteiger partial charge in [-0.25, -0.2) is 0 Å². The largest absolute Gasteiger partial charge is 0.481 e. The molecule has 0 saturated carbocycles. The molecule has 3 unspecified atom stereocenters. The van der Waals surface area contributed by atoms with Gasteiger partial charge >= 0.3 is 5.97 Å². The van der Waals surface area contributed by atoms with Gasteiger partial charge < -0.3 is 19.9 Å². The van der Waals surface area contributed by atoms with Crippen LogP contribution in [0.5, 0.6) is 0 Å². The van der Waals surface area contributed by atoms with Crippen molar-refractivity contribution in [2.24, 2.45) is 11.8 Å². The number of ether oxygens (including phenoxy) is 2. The number of amides is 1. The third-order valence-electron chi connectivity index (χ3n) is 3.55. The lowest BCUT2D eigenvalue weighted by molar-refractivity contribution is -0.142. The molecule has 1 fully saturated rings. The molecule has 0 bridgehead atoms. The molecule has 1 aliphatic heterocycles. The van der Waals surface area contributed by atoms with E-state index in [1.807, 2.05) is 13.8 Å². The second-order valence-electron chi connectivity index (χ2n) is 6.02. The SMILES string of the molecule is CC(C)CC(CNC(=O)C(C)OCC1CCCO1)C(=O)O. The maximum atomic E-state index is 11.9. The van der Waals surface area contributed by atoms with Gasteiger partial charge in [-0.05, 0) is 32.1 Å². The number of carboxylic acid groups (broad SMARTS) is 1. The number of hydrogen-bond donors (Lipinski definition) is 2. The Morgan fingerprint density at radius 1 is 1.38 bits per heavy atom. The van der Waals surface area contributed by atoms with Gasteiger partial charge in [0, 0.05) is 13.2 Å². The number of carbonyl (C=O) groups excluding carboxylic acids is 1. The van der Waals surface area contributed by atoms with E-state index < -0.39 is 18.0 Å². The van der Waals surface area contributed by atoms with E-state index in [9.17, 15) is 9.59 Å². The average Bonchev–Trinajstić information content (AvgIpc) is 2.92. The van der Waals surface area contributed by atoms with E-state index in [2.05, 4.69) is 5.32 Å². The van der Waals surface area contributed by atoms with Crippen LogP contribution in [0, 0.1) is 11.8 Å². The standard InChI is InChI=1S/C15H27NO5/c1-10(2)7-12(15(18)19)8-16-14(17)11(3)21-9-13-5-4-6-20-13/h10-13H,4-9H2,1-3H3,(H,16,17)(H,18,19). The summed E-state index contributed by atoms with van der Waals surface area (Å²) >= 11 is 0. The van der Waals surface area contributed by atoms with Gasteiger partial charge in [-0.15, -0.1) is 0 Å². The van der Waals surface area contributed by atoms with Crippen LogP contribution >= 0.6 is 0 Å². The highest BCUT2D eigenvalue weighted by atomic mass is 16.5. The number of rotatable bonds is 9. The lowest BCUT2D eigenvalue weighted by Crippen LogP contribution is -2.40. The van der Waals surface area contributed by atoms with Crippen molar-refractivity contribution in [1.29, 1.82) is 0 Å². The Balaban J connectivity index is 2.28. The Labute approximate surface area is 126 Å². The van der Waals surface area contributed by atoms with Crippen LogP contribution in [0.1, 0.15) is 40.0 Å². The van der Waals surface area contributed by atoms with Crippen LogP contribution in [0.25, 0.3) is 0 Å². The summed E-state index contributed by atoms with van der Waals surface area (Å²) in [4.78, 5) is 23.0. The van der Waals surface area contributed by atoms with Crippen molar-refractivity contribution in [2.45, 2.75) is 52.2 Å². The zero-order chi connectivity index (χ0) is 15.8. The molecule has 6 heteroatoms. The van der Waals surface area contributed by atoms with Gasteiger partial charge in [0.15, 0.2) is 0 Å². The normalized spacial score (nSPS) is 21.2. The minimum atomic E-state index is -0.878. The highest BCUT2D eigenvalue weighted by Gasteiger charge is 2.23. The van der Waals surface area contributed by atoms with Crippen LogP contribution in [-0.4, -0.2) is 48.9 Å². The lowest BCUT2D eigenvalue weighted by atomic mass is 9.97. The van der Waals surface area contributed by atoms with Crippen molar-refractivity contribution >= 4 is 11.9 Å². The summed E-state index contributed by atoms with van der Waals surface area (Å²) < 4.78 is 10.9. The topological polar surface area (TPSA) is 84.9 Å². The van der Waals surface area contributed by atoms with E-state index >= 15 is 0 Å². The molecule has 1 aliphatic rings. The van der Waals surface area contributed by atoms with Gasteiger partial charge in [-0.1, -0.05) is 13.8 Å². The molecule has 0 radical (unpaired) electrons. The maximum Gasteiger partial charge on any atom is 0.308 e. The molecule has 21 heavy (non-hydrogen) atoms. The minimum Gasteiger partial charge on any atom is -0.481 e. The molecule has 2 N–H and O–H groups in total. The van der Waals surface area contributed by atoms with Crippen LogP contribution in [0.4, 0.5) is 0 Å². The molecule has 1 rings (SSSR count). The summed E-state index contributed by atoms with van der Waals surface area (Å²) in [5, 5.41) is 11.8. The molecule has 0 spiro atoms. The number of hydrogen-bond acceptors (Lipinski definition) is 4. The Morgan fingerprint density at radius 3 is 2.62 bits per heavy atom. The van der Waals surface area contributed by atoms with E-state index in [-0.39, 0.29) is 24.5 Å². The molecule has 1 amide bonds. The fourth-order valence-corrected chi connectivity index (χ4v) is 2.31. The van der Waals surface area contributed by atoms with Gasteiger partial charge in [0.2, 0.25) is 5.91 Å². The fraction of sp³-hybridized carbons (Fsp3) is 0.867. The van der Waals surface area contributed by atoms with Gasteiger partial charge in [0.05, 0.1) is 18.6 Å². The molecule has 0 aliphatic carbocycles. The van der Waals surface area contributed by atoms with Crippen molar-refractivity contribution in [3.8, 4) is 0 Å². The summed E-state index contributed by atoms with van der Waals surface area (Å²) in [5.74, 6) is -1.43. The quantitative estimate of drug-likeness (QED) is 0.673. The molecule has 0 aromatic heterocycles. The fourth-order valence-electron chi connectivity index (χ4n) is 2.31. The van der Waals surface area contributed by atoms with Crippen molar-refractivity contribution in [2.75, 3.05) is 19.8 Å². The second kappa shape index (κ2) is 9.00. The molecule has 3 atom stereocenters. The Hall–Kier alpha value is -1.14. The van der Waals surface area contributed by atoms with Gasteiger partial charge in [-0.2, -0.15) is 0 Å². The smallest absolute Gasteiger partial charge is 0.308 e. The predicted octanol–water partition coefficient (Wildman–Crippen LogP) is 1.43. The average molecular weight is 301 g/mol. The number of nitrogens with one attached hydrogen (secondary N) is 1. The van der Waals surface area contributed by atoms with E-state index in [1.165, 1.54) is 0 Å². The molecule has 0 aromatic rings. The van der Waals surface area contributed by atoms with Crippen LogP contribution in [-0.2, 0) is 19.1 Å². The maximum absolute atomic E-state index is 11.9. The van der Waals surface area contributed by atoms with Crippen molar-refractivity contribution in [1.82, 2.24) is 5.32 Å². The van der Waals surface area contributed by atoms with E-state index in [4.69, 9.17) is 14.6 Å². The third-order valence-corrected chi connectivity index (χ3v) is 3.55. The molecular weight excluding hydrogens is 274 g/mol. The summed E-state index contributed by atoms with van der Waals surface area (Å²) in [7, 11) is 0. The predicted molar refractivity (Wildman–Crippen MR) is 78.0 cm³/mol. The van der Waals surface area contributed by atoms with Crippen LogP contribution < -0.4 is 5.32 Å². The molecule has 1 saturated heterocycles. The zero-order valence-corrected chi connectivity index (χ0v) is 13.1. The highest BCUT2D eigenvalue weighted by Crippen LogP contribution is 2.13. The summed E-state index contributed by atoms with van der Waals surface area (Å²) in [6.45, 7) is 6.89. The van der Waals surface area contributed by atoms with Gasteiger partial charge in [0.25, 0.3) is 0 Å². The second-order valence-corrected chi connectivity index (χ2v) is 6.02. The van der Waals surface area contributed by atoms with Crippen LogP contribution in [0.2, 0.25) is 0 Å². The van der Waals surface area contributed by atoms with E-state index in [0.29, 0.717) is 13.0 Å². The third kappa shape index (κ3) is 6.91. The first kappa shape index (κ1) is 17.9. The molecule has 122 valence electrons. The first-order valence-electron chi connectivity index (χ1n) is 7.63. The van der Waals surface area contributed by atoms with Gasteiger partial charge in [-0.3, -0.25) is 9.59 Å². The van der Waals surface area contributed by atoms with Crippen LogP contribution in [0.3, 0.4) is 0 Å². The van der Waals surface area contributed by atoms with Gasteiger partial charge in [0.1, 0.15) is 6.10 Å². The zero-order valence-electron chi connectivity index (χ0n) is 13.1. The van der Waals surface area contributed by atoms with E-state index in [0.717, 1.165) is 19.4 Å². The highest BCUT2D eigenvalue weighted by molar-refractivity contribution is 5.81. The Morgan fingerprint density at radius 2 is 2.10 bits per heavy atom. The number of carbonyl (C=O) groups is 2. The summed E-state index contributed by atoms with van der Waals surface area (Å²) in [6, 6.07) is 0. The van der Waals surface area contributed by atoms with Crippen molar-refractivity contribution in [3.05, 3.63) is 0 Å². The summed E-state index contributed by atoms with van der Waals surface area (Å²) in [6.07, 6.45) is 2.02. The molecule has 0 aromatic carbocycles. The van der Waals surface area contributed by atoms with Crippen LogP contribution in [0.15, 0.2) is 0 Å². The summed E-state index contributed by atoms with van der Waals surface area (Å²) in [5.41, 5.74) is 0. The Kier molecular flexibility index (Phi) is 7.67. The van der Waals surface area contributed by atoms with Crippen molar-refractivity contribution < 1.29 is 24.2 Å². The first-order chi connectivity index (χ1) is 9.90. The van der Waals surface area contributed by atoms with Crippen molar-refractivity contribution in [3.63, 3.8) is 0 Å². The lowest BCUT2D eigenvalue weighted by Gasteiger charge is -2.19. The first-order valence-corrected chi connectivity index (χ1v) is 7.63. The molecular formula is C15H27NO5. The molecule has 1 heterocycles. The monoisotopic (exact) mass is 301 g/mol. The Bertz CT molecular complexity index is 339. The van der Waals surface area contributed by atoms with E-state index in [1.54, 1.807) is 6.92 Å². The minimum absolute atomic E-state index is 0.0768. The molecule has 6 nitrogen and oxygen atoms in total. The number of carboxylic acids is 1.